The quantitative estimate of drug-likeness (QED) is 0.412. The zero-order valence-corrected chi connectivity index (χ0v) is 9.85. The summed E-state index contributed by atoms with van der Waals surface area (Å²) in [6, 6.07) is -0.837. The van der Waals surface area contributed by atoms with Gasteiger partial charge in [-0.1, -0.05) is 6.08 Å². The van der Waals surface area contributed by atoms with E-state index < -0.39 is 18.1 Å². The molecular weight excluding hydrogens is 224 g/mol. The highest BCUT2D eigenvalue weighted by molar-refractivity contribution is 5.72. The van der Waals surface area contributed by atoms with Gasteiger partial charge in [0.1, 0.15) is 6.04 Å². The van der Waals surface area contributed by atoms with Crippen LogP contribution in [0.3, 0.4) is 0 Å². The Morgan fingerprint density at radius 3 is 2.76 bits per heavy atom. The van der Waals surface area contributed by atoms with Crippen molar-refractivity contribution < 1.29 is 19.4 Å². The number of rotatable bonds is 9. The van der Waals surface area contributed by atoms with Crippen LogP contribution >= 0.6 is 0 Å². The van der Waals surface area contributed by atoms with Crippen molar-refractivity contribution in [2.24, 2.45) is 5.73 Å². The van der Waals surface area contributed by atoms with Crippen molar-refractivity contribution >= 4 is 12.1 Å². The minimum absolute atomic E-state index is 0.270. The molecule has 0 heterocycles. The summed E-state index contributed by atoms with van der Waals surface area (Å²) in [5, 5.41) is 11.1. The first kappa shape index (κ1) is 15.4. The van der Waals surface area contributed by atoms with Crippen LogP contribution < -0.4 is 11.1 Å². The summed E-state index contributed by atoms with van der Waals surface area (Å²) in [4.78, 5) is 21.4. The van der Waals surface area contributed by atoms with Crippen molar-refractivity contribution in [3.63, 3.8) is 0 Å². The minimum Gasteiger partial charge on any atom is -0.480 e. The summed E-state index contributed by atoms with van der Waals surface area (Å²) in [6.07, 6.45) is 3.55. The maximum absolute atomic E-state index is 11.0. The summed E-state index contributed by atoms with van der Waals surface area (Å²) in [5.41, 5.74) is 5.31. The first-order chi connectivity index (χ1) is 8.07. The Kier molecular flexibility index (Phi) is 8.77. The van der Waals surface area contributed by atoms with Crippen molar-refractivity contribution in [2.45, 2.75) is 31.7 Å². The normalized spacial score (nSPS) is 11.6. The molecule has 1 atom stereocenters. The third-order valence-corrected chi connectivity index (χ3v) is 2.08. The van der Waals surface area contributed by atoms with Crippen LogP contribution in [0.4, 0.5) is 4.79 Å². The standard InChI is InChI=1S/C11H20N2O4/c1-2-3-7-13-11(16)17-8-5-4-6-9(12)10(14)15/h2,9H,1,3-8,12H2,(H,13,16)(H,14,15)/t9-/m0/s1. The molecule has 0 rings (SSSR count). The van der Waals surface area contributed by atoms with Crippen molar-refractivity contribution in [3.8, 4) is 0 Å². The van der Waals surface area contributed by atoms with Crippen molar-refractivity contribution in [1.82, 2.24) is 5.32 Å². The van der Waals surface area contributed by atoms with Gasteiger partial charge in [-0.3, -0.25) is 4.79 Å². The molecule has 0 aromatic heterocycles. The Hall–Kier alpha value is -1.56. The fraction of sp³-hybridized carbons (Fsp3) is 0.636. The Morgan fingerprint density at radius 1 is 1.47 bits per heavy atom. The number of carbonyl (C=O) groups excluding carboxylic acids is 1. The average molecular weight is 244 g/mol. The number of amides is 1. The number of nitrogens with two attached hydrogens (primary N) is 1. The number of ether oxygens (including phenoxy) is 1. The predicted octanol–water partition coefficient (Wildman–Crippen LogP) is 0.871. The fourth-order valence-electron chi connectivity index (χ4n) is 1.08. The smallest absolute Gasteiger partial charge is 0.407 e. The van der Waals surface area contributed by atoms with Crippen LogP contribution in [0.25, 0.3) is 0 Å². The third-order valence-electron chi connectivity index (χ3n) is 2.08. The number of unbranched alkanes of at least 4 members (excludes halogenated alkanes) is 1. The molecule has 0 fully saturated rings. The zero-order chi connectivity index (χ0) is 13.1. The summed E-state index contributed by atoms with van der Waals surface area (Å²) < 4.78 is 4.86. The molecule has 0 spiro atoms. The molecule has 0 bridgehead atoms. The number of hydrogen-bond donors (Lipinski definition) is 3. The van der Waals surface area contributed by atoms with Gasteiger partial charge in [0, 0.05) is 6.54 Å². The van der Waals surface area contributed by atoms with E-state index >= 15 is 0 Å². The van der Waals surface area contributed by atoms with Gasteiger partial charge >= 0.3 is 12.1 Å². The van der Waals surface area contributed by atoms with E-state index in [9.17, 15) is 9.59 Å². The first-order valence-electron chi connectivity index (χ1n) is 5.57. The van der Waals surface area contributed by atoms with Crippen LogP contribution in [0.5, 0.6) is 0 Å². The van der Waals surface area contributed by atoms with Gasteiger partial charge in [0.2, 0.25) is 0 Å². The molecule has 0 aliphatic rings. The molecular formula is C11H20N2O4. The highest BCUT2D eigenvalue weighted by Crippen LogP contribution is 1.99. The van der Waals surface area contributed by atoms with E-state index in [2.05, 4.69) is 11.9 Å². The first-order valence-corrected chi connectivity index (χ1v) is 5.57. The number of hydrogen-bond acceptors (Lipinski definition) is 4. The van der Waals surface area contributed by atoms with Crippen LogP contribution in [0.15, 0.2) is 12.7 Å². The predicted molar refractivity (Wildman–Crippen MR) is 63.6 cm³/mol. The summed E-state index contributed by atoms with van der Waals surface area (Å²) in [5.74, 6) is -1.01. The number of carboxylic acids is 1. The molecule has 0 unspecified atom stereocenters. The van der Waals surface area contributed by atoms with Gasteiger partial charge in [0.15, 0.2) is 0 Å². The number of carboxylic acid groups (broad SMARTS) is 1. The minimum atomic E-state index is -1.01. The Bertz CT molecular complexity index is 256. The van der Waals surface area contributed by atoms with Gasteiger partial charge in [-0.25, -0.2) is 4.79 Å². The van der Waals surface area contributed by atoms with E-state index in [0.717, 1.165) is 0 Å². The monoisotopic (exact) mass is 244 g/mol. The number of carbonyl (C=O) groups is 2. The van der Waals surface area contributed by atoms with Crippen molar-refractivity contribution in [2.75, 3.05) is 13.2 Å². The van der Waals surface area contributed by atoms with E-state index in [1.165, 1.54) is 0 Å². The summed E-state index contributed by atoms with van der Waals surface area (Å²) in [7, 11) is 0. The van der Waals surface area contributed by atoms with Gasteiger partial charge in [0.05, 0.1) is 6.61 Å². The number of aliphatic carboxylic acids is 1. The summed E-state index contributed by atoms with van der Waals surface area (Å²) >= 11 is 0. The van der Waals surface area contributed by atoms with Gasteiger partial charge in [-0.2, -0.15) is 0 Å². The average Bonchev–Trinajstić information content (AvgIpc) is 2.28. The number of nitrogens with one attached hydrogen (secondary N) is 1. The molecule has 4 N–H and O–H groups in total. The molecule has 17 heavy (non-hydrogen) atoms. The van der Waals surface area contributed by atoms with E-state index in [0.29, 0.717) is 32.2 Å². The molecule has 0 aliphatic carbocycles. The molecule has 6 heteroatoms. The molecule has 0 aromatic rings. The Balaban J connectivity index is 3.36. The second-order valence-corrected chi connectivity index (χ2v) is 3.58. The van der Waals surface area contributed by atoms with Gasteiger partial charge in [-0.05, 0) is 25.7 Å². The van der Waals surface area contributed by atoms with Crippen LogP contribution in [0.2, 0.25) is 0 Å². The Labute approximate surface area is 101 Å². The molecule has 98 valence electrons. The van der Waals surface area contributed by atoms with Gasteiger partial charge in [0.25, 0.3) is 0 Å². The van der Waals surface area contributed by atoms with E-state index in [1.54, 1.807) is 6.08 Å². The molecule has 6 nitrogen and oxygen atoms in total. The maximum Gasteiger partial charge on any atom is 0.407 e. The maximum atomic E-state index is 11.0. The topological polar surface area (TPSA) is 102 Å². The van der Waals surface area contributed by atoms with Crippen LogP contribution in [0.1, 0.15) is 25.7 Å². The molecule has 1 amide bonds. The van der Waals surface area contributed by atoms with E-state index in [-0.39, 0.29) is 6.61 Å². The van der Waals surface area contributed by atoms with Crippen molar-refractivity contribution in [3.05, 3.63) is 12.7 Å². The molecule has 0 saturated carbocycles. The molecule has 0 radical (unpaired) electrons. The van der Waals surface area contributed by atoms with E-state index in [1.807, 2.05) is 0 Å². The van der Waals surface area contributed by atoms with E-state index in [4.69, 9.17) is 15.6 Å². The lowest BCUT2D eigenvalue weighted by Crippen LogP contribution is -2.30. The highest BCUT2D eigenvalue weighted by Gasteiger charge is 2.10. The lowest BCUT2D eigenvalue weighted by Gasteiger charge is -2.07. The lowest BCUT2D eigenvalue weighted by molar-refractivity contribution is -0.138. The zero-order valence-electron chi connectivity index (χ0n) is 9.85. The SMILES string of the molecule is C=CCCNC(=O)OCCCC[C@H](N)C(=O)O. The lowest BCUT2D eigenvalue weighted by atomic mass is 10.1. The molecule has 0 saturated heterocycles. The van der Waals surface area contributed by atoms with Gasteiger partial charge in [-0.15, -0.1) is 6.58 Å². The van der Waals surface area contributed by atoms with Crippen LogP contribution in [0, 0.1) is 0 Å². The second-order valence-electron chi connectivity index (χ2n) is 3.58. The third kappa shape index (κ3) is 9.37. The largest absolute Gasteiger partial charge is 0.480 e. The van der Waals surface area contributed by atoms with Crippen LogP contribution in [-0.4, -0.2) is 36.4 Å². The molecule has 0 aliphatic heterocycles. The van der Waals surface area contributed by atoms with Gasteiger partial charge < -0.3 is 20.9 Å². The summed E-state index contributed by atoms with van der Waals surface area (Å²) in [6.45, 7) is 4.30. The Morgan fingerprint density at radius 2 is 2.18 bits per heavy atom. The highest BCUT2D eigenvalue weighted by atomic mass is 16.5. The van der Waals surface area contributed by atoms with Crippen molar-refractivity contribution in [1.29, 1.82) is 0 Å². The molecule has 0 aromatic carbocycles. The van der Waals surface area contributed by atoms with Crippen LogP contribution in [-0.2, 0) is 9.53 Å². The number of alkyl carbamates (subject to hydrolysis) is 1. The second kappa shape index (κ2) is 9.65. The fourth-order valence-corrected chi connectivity index (χ4v) is 1.08.